The smallest absolute Gasteiger partial charge is 0.128 e. The molecule has 0 bridgehead atoms. The number of benzene rings is 1. The maximum absolute atomic E-state index is 8.77. The Balaban J connectivity index is 2.11. The quantitative estimate of drug-likeness (QED) is 0.538. The third-order valence-electron chi connectivity index (χ3n) is 3.01. The second kappa shape index (κ2) is 6.12. The van der Waals surface area contributed by atoms with E-state index in [0.717, 1.165) is 32.1 Å². The molecular weight excluding hydrogens is 302 g/mol. The van der Waals surface area contributed by atoms with Crippen molar-refractivity contribution in [3.05, 3.63) is 36.0 Å². The molecule has 0 atom stereocenters. The zero-order valence-electron chi connectivity index (χ0n) is 11.2. The van der Waals surface area contributed by atoms with E-state index >= 15 is 0 Å². The predicted octanol–water partition coefficient (Wildman–Crippen LogP) is 3.98. The van der Waals surface area contributed by atoms with Gasteiger partial charge < -0.3 is 4.74 Å². The molecule has 0 saturated heterocycles. The Morgan fingerprint density at radius 1 is 1.29 bits per heavy atom. The highest BCUT2D eigenvalue weighted by molar-refractivity contribution is 7.99. The van der Waals surface area contributed by atoms with Gasteiger partial charge in [-0.2, -0.15) is 5.26 Å². The normalized spacial score (nSPS) is 10.5. The summed E-state index contributed by atoms with van der Waals surface area (Å²) in [4.78, 5) is 9.58. The van der Waals surface area contributed by atoms with E-state index in [1.165, 1.54) is 11.8 Å². The molecule has 104 valence electrons. The third kappa shape index (κ3) is 2.71. The summed E-state index contributed by atoms with van der Waals surface area (Å²) in [6, 6.07) is 10.0. The number of nitrogens with zero attached hydrogens (tertiary/aromatic N) is 3. The molecule has 0 unspecified atom stereocenters. The van der Waals surface area contributed by atoms with Crippen LogP contribution >= 0.6 is 23.1 Å². The first kappa shape index (κ1) is 13.9. The molecule has 2 aromatic heterocycles. The van der Waals surface area contributed by atoms with E-state index < -0.39 is 0 Å². The summed E-state index contributed by atoms with van der Waals surface area (Å²) in [5.41, 5.74) is 2.19. The lowest BCUT2D eigenvalue weighted by Gasteiger charge is -2.05. The highest BCUT2D eigenvalue weighted by Gasteiger charge is 2.13. The zero-order chi connectivity index (χ0) is 14.7. The molecule has 1 aromatic carbocycles. The fraction of sp³-hybridized carbons (Fsp3) is 0.133. The molecule has 0 saturated carbocycles. The van der Waals surface area contributed by atoms with Crippen LogP contribution in [0.1, 0.15) is 0 Å². The number of rotatable bonds is 4. The van der Waals surface area contributed by atoms with Crippen molar-refractivity contribution >= 4 is 33.3 Å². The van der Waals surface area contributed by atoms with Crippen LogP contribution in [0.4, 0.5) is 0 Å². The van der Waals surface area contributed by atoms with Crippen LogP contribution in [0.2, 0.25) is 0 Å². The average molecular weight is 313 g/mol. The van der Waals surface area contributed by atoms with Crippen molar-refractivity contribution in [2.45, 2.75) is 5.03 Å². The van der Waals surface area contributed by atoms with Crippen LogP contribution in [0.15, 0.2) is 41.0 Å². The first-order valence-electron chi connectivity index (χ1n) is 6.20. The van der Waals surface area contributed by atoms with Crippen molar-refractivity contribution in [2.75, 3.05) is 12.9 Å². The topological polar surface area (TPSA) is 58.8 Å². The van der Waals surface area contributed by atoms with Gasteiger partial charge in [0.05, 0.1) is 24.3 Å². The second-order valence-electron chi connectivity index (χ2n) is 4.18. The number of aromatic nitrogens is 2. The van der Waals surface area contributed by atoms with E-state index in [1.807, 2.05) is 24.3 Å². The van der Waals surface area contributed by atoms with Crippen LogP contribution in [-0.4, -0.2) is 22.8 Å². The summed E-state index contributed by atoms with van der Waals surface area (Å²) in [5.74, 6) is 1.21. The summed E-state index contributed by atoms with van der Waals surface area (Å²) in [6.07, 6.45) is 1.55. The molecule has 21 heavy (non-hydrogen) atoms. The molecule has 0 N–H and O–H groups in total. The Hall–Kier alpha value is -2.10. The van der Waals surface area contributed by atoms with Crippen LogP contribution in [0.25, 0.3) is 21.3 Å². The molecule has 0 radical (unpaired) electrons. The number of fused-ring (bicyclic) bond motifs is 1. The number of hydrogen-bond donors (Lipinski definition) is 0. The molecule has 4 nitrogen and oxygen atoms in total. The van der Waals surface area contributed by atoms with Crippen LogP contribution in [-0.2, 0) is 0 Å². The first-order chi connectivity index (χ1) is 10.3. The van der Waals surface area contributed by atoms with E-state index in [9.17, 15) is 0 Å². The highest BCUT2D eigenvalue weighted by atomic mass is 32.2. The van der Waals surface area contributed by atoms with Gasteiger partial charge in [0.1, 0.15) is 21.9 Å². The summed E-state index contributed by atoms with van der Waals surface area (Å²) in [6.45, 7) is 0. The largest absolute Gasteiger partial charge is 0.497 e. The van der Waals surface area contributed by atoms with Gasteiger partial charge in [0, 0.05) is 10.9 Å². The SMILES string of the molecule is COc1ccc(-c2csc3ncnc(SCC#N)c23)cc1. The summed E-state index contributed by atoms with van der Waals surface area (Å²) < 4.78 is 5.19. The minimum Gasteiger partial charge on any atom is -0.497 e. The molecule has 0 amide bonds. The van der Waals surface area contributed by atoms with E-state index in [-0.39, 0.29) is 0 Å². The van der Waals surface area contributed by atoms with Gasteiger partial charge in [0.25, 0.3) is 0 Å². The first-order valence-corrected chi connectivity index (χ1v) is 8.06. The number of thioether (sulfide) groups is 1. The molecule has 0 aliphatic heterocycles. The summed E-state index contributed by atoms with van der Waals surface area (Å²) in [5, 5.41) is 12.7. The van der Waals surface area contributed by atoms with Gasteiger partial charge in [-0.25, -0.2) is 9.97 Å². The average Bonchev–Trinajstić information content (AvgIpc) is 2.97. The lowest BCUT2D eigenvalue weighted by atomic mass is 10.1. The Morgan fingerprint density at radius 3 is 2.81 bits per heavy atom. The van der Waals surface area contributed by atoms with Crippen molar-refractivity contribution in [3.8, 4) is 22.9 Å². The van der Waals surface area contributed by atoms with E-state index in [0.29, 0.717) is 5.75 Å². The van der Waals surface area contributed by atoms with Crippen molar-refractivity contribution in [1.82, 2.24) is 9.97 Å². The van der Waals surface area contributed by atoms with Crippen molar-refractivity contribution < 1.29 is 4.74 Å². The molecule has 0 spiro atoms. The predicted molar refractivity (Wildman–Crippen MR) is 85.7 cm³/mol. The van der Waals surface area contributed by atoms with Gasteiger partial charge in [-0.15, -0.1) is 11.3 Å². The molecule has 0 fully saturated rings. The van der Waals surface area contributed by atoms with E-state index in [4.69, 9.17) is 10.00 Å². The minimum atomic E-state index is 0.379. The second-order valence-corrected chi connectivity index (χ2v) is 6.01. The fourth-order valence-electron chi connectivity index (χ4n) is 2.04. The zero-order valence-corrected chi connectivity index (χ0v) is 12.9. The number of methoxy groups -OCH3 is 1. The van der Waals surface area contributed by atoms with Crippen molar-refractivity contribution in [2.24, 2.45) is 0 Å². The van der Waals surface area contributed by atoms with Gasteiger partial charge in [-0.05, 0) is 17.7 Å². The maximum Gasteiger partial charge on any atom is 0.128 e. The summed E-state index contributed by atoms with van der Waals surface area (Å²) in [7, 11) is 1.65. The number of hydrogen-bond acceptors (Lipinski definition) is 6. The number of ether oxygens (including phenoxy) is 1. The van der Waals surface area contributed by atoms with Crippen LogP contribution < -0.4 is 4.74 Å². The van der Waals surface area contributed by atoms with Crippen LogP contribution in [0, 0.1) is 11.3 Å². The van der Waals surface area contributed by atoms with Gasteiger partial charge in [-0.1, -0.05) is 23.9 Å². The molecule has 0 aliphatic carbocycles. The molecule has 0 aliphatic rings. The van der Waals surface area contributed by atoms with Gasteiger partial charge in [0.15, 0.2) is 0 Å². The molecule has 3 rings (SSSR count). The molecule has 2 heterocycles. The Labute approximate surface area is 130 Å². The standard InChI is InChI=1S/C15H11N3OS2/c1-19-11-4-2-10(3-5-11)12-8-21-15-13(12)14(17-9-18-15)20-7-6-16/h2-5,8-9H,7H2,1H3. The molecular formula is C15H11N3OS2. The van der Waals surface area contributed by atoms with E-state index in [2.05, 4.69) is 21.4 Å². The molecule has 6 heteroatoms. The number of thiophene rings is 1. The Kier molecular flexibility index (Phi) is 4.04. The monoisotopic (exact) mass is 313 g/mol. The maximum atomic E-state index is 8.77. The Morgan fingerprint density at radius 2 is 2.10 bits per heavy atom. The molecule has 3 aromatic rings. The van der Waals surface area contributed by atoms with Crippen molar-refractivity contribution in [1.29, 1.82) is 5.26 Å². The third-order valence-corrected chi connectivity index (χ3v) is 4.75. The lowest BCUT2D eigenvalue weighted by Crippen LogP contribution is -1.87. The fourth-order valence-corrected chi connectivity index (χ4v) is 3.70. The minimum absolute atomic E-state index is 0.379. The van der Waals surface area contributed by atoms with Crippen LogP contribution in [0.5, 0.6) is 5.75 Å². The van der Waals surface area contributed by atoms with Crippen molar-refractivity contribution in [3.63, 3.8) is 0 Å². The number of nitriles is 1. The van der Waals surface area contributed by atoms with Crippen LogP contribution in [0.3, 0.4) is 0 Å². The van der Waals surface area contributed by atoms with Gasteiger partial charge >= 0.3 is 0 Å². The highest BCUT2D eigenvalue weighted by Crippen LogP contribution is 2.38. The van der Waals surface area contributed by atoms with Gasteiger partial charge in [-0.3, -0.25) is 0 Å². The van der Waals surface area contributed by atoms with Gasteiger partial charge in [0.2, 0.25) is 0 Å². The Bertz CT molecular complexity index is 806. The summed E-state index contributed by atoms with van der Waals surface area (Å²) >= 11 is 3.03. The lowest BCUT2D eigenvalue weighted by molar-refractivity contribution is 0.415. The van der Waals surface area contributed by atoms with E-state index in [1.54, 1.807) is 24.8 Å².